The molecule has 5 aromatic rings. The van der Waals surface area contributed by atoms with Crippen LogP contribution < -0.4 is 15.4 Å². The van der Waals surface area contributed by atoms with Gasteiger partial charge in [-0.25, -0.2) is 28.1 Å². The molecule has 3 aromatic carbocycles. The molecule has 0 unspecified atom stereocenters. The number of fused-ring (bicyclic) bond motifs is 2. The molecular weight excluding hydrogens is 492 g/mol. The minimum atomic E-state index is -3.83. The molecule has 0 aliphatic carbocycles. The largest absolute Gasteiger partial charge is 0.332 e. The van der Waals surface area contributed by atoms with Crippen molar-refractivity contribution in [3.63, 3.8) is 0 Å². The van der Waals surface area contributed by atoms with E-state index in [1.54, 1.807) is 25.1 Å². The molecule has 0 spiro atoms. The number of hydrogen-bond acceptors (Lipinski definition) is 6. The average Bonchev–Trinajstić information content (AvgIpc) is 2.84. The lowest BCUT2D eigenvalue weighted by Crippen LogP contribution is -2.20. The minimum absolute atomic E-state index is 0.0228. The zero-order valence-electron chi connectivity index (χ0n) is 19.5. The highest BCUT2D eigenvalue weighted by molar-refractivity contribution is 7.92. The smallest absolute Gasteiger partial charge is 0.264 e. The number of thiocarbonyl (C=S) groups is 1. The Hall–Kier alpha value is -4.15. The van der Waals surface area contributed by atoms with Crippen molar-refractivity contribution < 1.29 is 8.42 Å². The van der Waals surface area contributed by atoms with Crippen molar-refractivity contribution in [2.75, 3.05) is 15.4 Å². The van der Waals surface area contributed by atoms with Crippen LogP contribution in [0, 0.1) is 13.8 Å². The van der Waals surface area contributed by atoms with Crippen LogP contribution in [0.15, 0.2) is 83.9 Å². The highest BCUT2D eigenvalue weighted by Gasteiger charge is 2.16. The third-order valence-electron chi connectivity index (χ3n) is 5.52. The predicted octanol–water partition coefficient (Wildman–Crippen LogP) is 5.40. The second-order valence-corrected chi connectivity index (χ2v) is 10.3. The summed E-state index contributed by atoms with van der Waals surface area (Å²) in [6.07, 6.45) is 1.50. The fourth-order valence-corrected chi connectivity index (χ4v) is 4.98. The van der Waals surface area contributed by atoms with E-state index in [0.717, 1.165) is 33.1 Å². The first-order chi connectivity index (χ1) is 17.3. The van der Waals surface area contributed by atoms with Crippen LogP contribution in [0.25, 0.3) is 21.8 Å². The van der Waals surface area contributed by atoms with E-state index >= 15 is 0 Å². The molecule has 0 bridgehead atoms. The van der Waals surface area contributed by atoms with Crippen molar-refractivity contribution in [2.45, 2.75) is 18.7 Å². The quantitative estimate of drug-likeness (QED) is 0.211. The van der Waals surface area contributed by atoms with E-state index in [2.05, 4.69) is 31.4 Å². The third kappa shape index (κ3) is 4.95. The van der Waals surface area contributed by atoms with E-state index in [9.17, 15) is 8.42 Å². The van der Waals surface area contributed by atoms with E-state index in [1.165, 1.54) is 18.3 Å². The first kappa shape index (κ1) is 23.6. The first-order valence-corrected chi connectivity index (χ1v) is 13.0. The van der Waals surface area contributed by atoms with Crippen LogP contribution in [0.2, 0.25) is 0 Å². The number of aryl methyl sites for hydroxylation is 2. The lowest BCUT2D eigenvalue weighted by atomic mass is 10.1. The van der Waals surface area contributed by atoms with Crippen molar-refractivity contribution in [2.24, 2.45) is 0 Å². The van der Waals surface area contributed by atoms with Crippen molar-refractivity contribution in [3.05, 3.63) is 90.3 Å². The zero-order valence-corrected chi connectivity index (χ0v) is 21.1. The molecule has 0 radical (unpaired) electrons. The molecule has 0 amide bonds. The lowest BCUT2D eigenvalue weighted by Gasteiger charge is -2.16. The number of sulfonamides is 1. The van der Waals surface area contributed by atoms with Gasteiger partial charge >= 0.3 is 0 Å². The number of hydrogen-bond donors (Lipinski definition) is 3. The molecule has 8 nitrogen and oxygen atoms in total. The summed E-state index contributed by atoms with van der Waals surface area (Å²) in [5, 5.41) is 8.73. The summed E-state index contributed by atoms with van der Waals surface area (Å²) in [4.78, 5) is 12.9. The zero-order chi connectivity index (χ0) is 25.3. The topological polar surface area (TPSA) is 109 Å². The Kier molecular flexibility index (Phi) is 6.21. The third-order valence-corrected chi connectivity index (χ3v) is 7.07. The Labute approximate surface area is 213 Å². The fraction of sp³-hybridized carbons (Fsp3) is 0.0769. The van der Waals surface area contributed by atoms with Crippen LogP contribution in [0.4, 0.5) is 17.3 Å². The predicted molar refractivity (Wildman–Crippen MR) is 148 cm³/mol. The van der Waals surface area contributed by atoms with Gasteiger partial charge in [-0.1, -0.05) is 29.8 Å². The molecule has 10 heteroatoms. The van der Waals surface area contributed by atoms with Crippen molar-refractivity contribution in [1.29, 1.82) is 0 Å². The van der Waals surface area contributed by atoms with Gasteiger partial charge in [-0.15, -0.1) is 0 Å². The summed E-state index contributed by atoms with van der Waals surface area (Å²) in [6.45, 7) is 3.79. The van der Waals surface area contributed by atoms with Gasteiger partial charge in [0.15, 0.2) is 5.11 Å². The van der Waals surface area contributed by atoms with Crippen LogP contribution >= 0.6 is 12.2 Å². The number of nitrogens with one attached hydrogen (secondary N) is 3. The van der Waals surface area contributed by atoms with Gasteiger partial charge in [0.2, 0.25) is 5.95 Å². The summed E-state index contributed by atoms with van der Waals surface area (Å²) in [6, 6.07) is 21.9. The van der Waals surface area contributed by atoms with Crippen LogP contribution in [0.1, 0.15) is 11.3 Å². The summed E-state index contributed by atoms with van der Waals surface area (Å²) < 4.78 is 27.8. The standard InChI is InChI=1S/C26H22N6O2S2/c1-16-7-12-23-21(15-16)24(20-5-3-4-6-22(20)30-23)31-26(35)29-18-8-10-19(11-9-18)36(33,34)32-25-27-14-13-17(2)28-25/h3-15H,1-2H3,(H,27,28,32)(H2,29,30,31,35). The molecule has 0 fully saturated rings. The van der Waals surface area contributed by atoms with Crippen molar-refractivity contribution in [3.8, 4) is 0 Å². The average molecular weight is 515 g/mol. The number of rotatable bonds is 5. The fourth-order valence-electron chi connectivity index (χ4n) is 3.81. The number of para-hydroxylation sites is 1. The summed E-state index contributed by atoms with van der Waals surface area (Å²) >= 11 is 5.59. The molecule has 36 heavy (non-hydrogen) atoms. The normalized spacial score (nSPS) is 11.4. The number of aromatic nitrogens is 3. The van der Waals surface area contributed by atoms with Gasteiger partial charge in [0, 0.05) is 28.4 Å². The van der Waals surface area contributed by atoms with Gasteiger partial charge < -0.3 is 10.6 Å². The van der Waals surface area contributed by atoms with E-state index < -0.39 is 10.0 Å². The number of benzene rings is 3. The molecule has 2 heterocycles. The number of nitrogens with zero attached hydrogens (tertiary/aromatic N) is 3. The van der Waals surface area contributed by atoms with Crippen LogP contribution in [-0.2, 0) is 10.0 Å². The van der Waals surface area contributed by atoms with Crippen molar-refractivity contribution in [1.82, 2.24) is 15.0 Å². The van der Waals surface area contributed by atoms with E-state index in [-0.39, 0.29) is 10.8 Å². The molecule has 0 atom stereocenters. The van der Waals surface area contributed by atoms with Gasteiger partial charge in [0.25, 0.3) is 10.0 Å². The first-order valence-electron chi connectivity index (χ1n) is 11.1. The summed E-state index contributed by atoms with van der Waals surface area (Å²) in [7, 11) is -3.83. The summed E-state index contributed by atoms with van der Waals surface area (Å²) in [5.41, 5.74) is 5.00. The molecule has 0 aliphatic heterocycles. The molecular formula is C26H22N6O2S2. The van der Waals surface area contributed by atoms with Crippen LogP contribution in [0.5, 0.6) is 0 Å². The minimum Gasteiger partial charge on any atom is -0.332 e. The molecule has 5 rings (SSSR count). The molecule has 180 valence electrons. The van der Waals surface area contributed by atoms with Gasteiger partial charge in [-0.3, -0.25) is 0 Å². The van der Waals surface area contributed by atoms with Crippen molar-refractivity contribution >= 4 is 66.5 Å². The second-order valence-electron chi connectivity index (χ2n) is 8.26. The molecule has 0 saturated heterocycles. The summed E-state index contributed by atoms with van der Waals surface area (Å²) in [5.74, 6) is 0.0228. The Morgan fingerprint density at radius 1 is 0.833 bits per heavy atom. The maximum absolute atomic E-state index is 12.7. The SMILES string of the molecule is Cc1ccc2nc3ccccc3c(NC(=S)Nc3ccc(S(=O)(=O)Nc4nccc(C)n4)cc3)c2c1. The molecule has 3 N–H and O–H groups in total. The Morgan fingerprint density at radius 3 is 2.36 bits per heavy atom. The maximum Gasteiger partial charge on any atom is 0.264 e. The van der Waals surface area contributed by atoms with Crippen LogP contribution in [0.3, 0.4) is 0 Å². The van der Waals surface area contributed by atoms with Gasteiger partial charge in [-0.05, 0) is 74.6 Å². The molecule has 2 aromatic heterocycles. The highest BCUT2D eigenvalue weighted by atomic mass is 32.2. The van der Waals surface area contributed by atoms with Gasteiger partial charge in [0.05, 0.1) is 21.6 Å². The monoisotopic (exact) mass is 514 g/mol. The van der Waals surface area contributed by atoms with E-state index in [1.807, 2.05) is 43.3 Å². The number of pyridine rings is 1. The maximum atomic E-state index is 12.7. The van der Waals surface area contributed by atoms with E-state index in [0.29, 0.717) is 16.5 Å². The molecule has 0 saturated carbocycles. The second kappa shape index (κ2) is 9.48. The Balaban J connectivity index is 1.37. The van der Waals surface area contributed by atoms with Gasteiger partial charge in [-0.2, -0.15) is 0 Å². The van der Waals surface area contributed by atoms with E-state index in [4.69, 9.17) is 17.2 Å². The highest BCUT2D eigenvalue weighted by Crippen LogP contribution is 2.31. The lowest BCUT2D eigenvalue weighted by molar-refractivity contribution is 0.601. The Bertz CT molecular complexity index is 1720. The van der Waals surface area contributed by atoms with Crippen LogP contribution in [-0.4, -0.2) is 28.5 Å². The molecule has 0 aliphatic rings. The van der Waals surface area contributed by atoms with Gasteiger partial charge in [0.1, 0.15) is 0 Å². The number of anilines is 3. The Morgan fingerprint density at radius 2 is 1.58 bits per heavy atom.